The van der Waals surface area contributed by atoms with Crippen LogP contribution in [0, 0.1) is 0 Å². The van der Waals surface area contributed by atoms with Crippen molar-refractivity contribution in [2.45, 2.75) is 33.3 Å². The second-order valence-electron chi connectivity index (χ2n) is 3.20. The zero-order valence-corrected chi connectivity index (χ0v) is 10.3. The molecule has 0 saturated heterocycles. The first-order chi connectivity index (χ1) is 6.93. The molecular weight excluding hydrogens is 219 g/mol. The summed E-state index contributed by atoms with van der Waals surface area (Å²) in [6.45, 7) is 5.35. The third-order valence-corrected chi connectivity index (χ3v) is 3.59. The van der Waals surface area contributed by atoms with E-state index in [4.69, 9.17) is 14.2 Å². The zero-order valence-electron chi connectivity index (χ0n) is 9.43. The Balaban J connectivity index is 4.27. The molecule has 0 aromatic carbocycles. The average Bonchev–Trinajstić information content (AvgIpc) is 2.01. The molecule has 0 unspecified atom stereocenters. The number of aliphatic hydroxyl groups excluding tert-OH is 1. The number of hydrogen-bond donors (Lipinski definition) is 1. The minimum Gasteiger partial charge on any atom is -0.393 e. The van der Waals surface area contributed by atoms with Gasteiger partial charge in [-0.05, 0) is 20.8 Å². The van der Waals surface area contributed by atoms with E-state index < -0.39 is 13.7 Å². The van der Waals surface area contributed by atoms with Crippen molar-refractivity contribution >= 4 is 13.4 Å². The molecule has 0 spiro atoms. The van der Waals surface area contributed by atoms with Gasteiger partial charge in [-0.2, -0.15) is 0 Å². The molecule has 0 amide bonds. The van der Waals surface area contributed by atoms with E-state index in [1.807, 2.05) is 0 Å². The van der Waals surface area contributed by atoms with Crippen LogP contribution in [0.15, 0.2) is 0 Å². The first kappa shape index (κ1) is 14.8. The predicted octanol–water partition coefficient (Wildman–Crippen LogP) is 1.59. The normalized spacial score (nSPS) is 13.9. The molecule has 0 aliphatic heterocycles. The summed E-state index contributed by atoms with van der Waals surface area (Å²) in [5.41, 5.74) is 0. The SMILES string of the molecule is CCOP(=O)(CC(=O)C[C@@H](C)O)OCC. The number of Topliss-reactive ketones (excluding diaryl/α,β-unsaturated/α-hetero) is 1. The molecule has 6 heteroatoms. The van der Waals surface area contributed by atoms with Crippen LogP contribution in [0.5, 0.6) is 0 Å². The van der Waals surface area contributed by atoms with Crippen molar-refractivity contribution in [3.8, 4) is 0 Å². The molecule has 0 fully saturated rings. The number of aliphatic hydroxyl groups is 1. The Morgan fingerprint density at radius 3 is 2.13 bits per heavy atom. The van der Waals surface area contributed by atoms with Crippen molar-refractivity contribution in [2.75, 3.05) is 19.4 Å². The van der Waals surface area contributed by atoms with Gasteiger partial charge in [0.05, 0.1) is 19.3 Å². The largest absolute Gasteiger partial charge is 0.393 e. The quantitative estimate of drug-likeness (QED) is 0.650. The van der Waals surface area contributed by atoms with Crippen LogP contribution in [0.2, 0.25) is 0 Å². The van der Waals surface area contributed by atoms with E-state index in [0.29, 0.717) is 0 Å². The second-order valence-corrected chi connectivity index (χ2v) is 5.25. The third kappa shape index (κ3) is 6.79. The molecule has 5 nitrogen and oxygen atoms in total. The van der Waals surface area contributed by atoms with Crippen LogP contribution in [-0.4, -0.2) is 36.4 Å². The van der Waals surface area contributed by atoms with Crippen LogP contribution in [0.4, 0.5) is 0 Å². The maximum absolute atomic E-state index is 11.9. The van der Waals surface area contributed by atoms with Gasteiger partial charge in [-0.1, -0.05) is 0 Å². The topological polar surface area (TPSA) is 72.8 Å². The molecule has 0 saturated carbocycles. The lowest BCUT2D eigenvalue weighted by Crippen LogP contribution is -2.15. The molecule has 1 N–H and O–H groups in total. The van der Waals surface area contributed by atoms with Gasteiger partial charge in [-0.3, -0.25) is 9.36 Å². The lowest BCUT2D eigenvalue weighted by atomic mass is 10.2. The van der Waals surface area contributed by atoms with E-state index in [1.165, 1.54) is 6.92 Å². The van der Waals surface area contributed by atoms with E-state index in [2.05, 4.69) is 0 Å². The third-order valence-electron chi connectivity index (χ3n) is 1.54. The molecule has 90 valence electrons. The van der Waals surface area contributed by atoms with Crippen molar-refractivity contribution < 1.29 is 23.5 Å². The van der Waals surface area contributed by atoms with Gasteiger partial charge in [0, 0.05) is 6.42 Å². The van der Waals surface area contributed by atoms with E-state index >= 15 is 0 Å². The minimum absolute atomic E-state index is 0.0237. The Labute approximate surface area is 90.3 Å². The monoisotopic (exact) mass is 238 g/mol. The van der Waals surface area contributed by atoms with E-state index in [-0.39, 0.29) is 31.6 Å². The van der Waals surface area contributed by atoms with E-state index in [1.54, 1.807) is 13.8 Å². The Morgan fingerprint density at radius 1 is 1.33 bits per heavy atom. The van der Waals surface area contributed by atoms with Gasteiger partial charge < -0.3 is 14.2 Å². The summed E-state index contributed by atoms with van der Waals surface area (Å²) in [6.07, 6.45) is -1.02. The molecular formula is C9H19O5P. The summed E-state index contributed by atoms with van der Waals surface area (Å²) in [7, 11) is -3.29. The van der Waals surface area contributed by atoms with Crippen molar-refractivity contribution in [1.82, 2.24) is 0 Å². The Kier molecular flexibility index (Phi) is 7.02. The minimum atomic E-state index is -3.29. The lowest BCUT2D eigenvalue weighted by Gasteiger charge is -2.16. The van der Waals surface area contributed by atoms with Crippen LogP contribution < -0.4 is 0 Å². The van der Waals surface area contributed by atoms with Crippen molar-refractivity contribution in [3.05, 3.63) is 0 Å². The van der Waals surface area contributed by atoms with Crippen molar-refractivity contribution in [3.63, 3.8) is 0 Å². The number of carbonyl (C=O) groups is 1. The number of carbonyl (C=O) groups excluding carboxylic acids is 1. The highest BCUT2D eigenvalue weighted by Crippen LogP contribution is 2.47. The first-order valence-electron chi connectivity index (χ1n) is 5.01. The molecule has 0 aromatic heterocycles. The highest BCUT2D eigenvalue weighted by atomic mass is 31.2. The van der Waals surface area contributed by atoms with Gasteiger partial charge in [-0.15, -0.1) is 0 Å². The molecule has 0 aliphatic rings. The van der Waals surface area contributed by atoms with Gasteiger partial charge in [0.25, 0.3) is 0 Å². The summed E-state index contributed by atoms with van der Waals surface area (Å²) in [4.78, 5) is 11.3. The number of hydrogen-bond acceptors (Lipinski definition) is 5. The van der Waals surface area contributed by atoms with Crippen molar-refractivity contribution in [2.24, 2.45) is 0 Å². The molecule has 15 heavy (non-hydrogen) atoms. The van der Waals surface area contributed by atoms with Crippen LogP contribution in [0.1, 0.15) is 27.2 Å². The fourth-order valence-electron chi connectivity index (χ4n) is 1.13. The summed E-state index contributed by atoms with van der Waals surface area (Å²) >= 11 is 0. The molecule has 0 bridgehead atoms. The van der Waals surface area contributed by atoms with Crippen LogP contribution >= 0.6 is 7.60 Å². The fraction of sp³-hybridized carbons (Fsp3) is 0.889. The maximum Gasteiger partial charge on any atom is 0.338 e. The smallest absolute Gasteiger partial charge is 0.338 e. The van der Waals surface area contributed by atoms with Gasteiger partial charge in [0.1, 0.15) is 11.9 Å². The summed E-state index contributed by atoms with van der Waals surface area (Å²) < 4.78 is 21.8. The molecule has 0 rings (SSSR count). The summed E-state index contributed by atoms with van der Waals surface area (Å²) in [5, 5.41) is 8.99. The van der Waals surface area contributed by atoms with E-state index in [0.717, 1.165) is 0 Å². The second kappa shape index (κ2) is 7.12. The molecule has 0 radical (unpaired) electrons. The summed E-state index contributed by atoms with van der Waals surface area (Å²) in [5.74, 6) is -0.310. The Morgan fingerprint density at radius 2 is 1.80 bits per heavy atom. The molecule has 0 aliphatic carbocycles. The van der Waals surface area contributed by atoms with E-state index in [9.17, 15) is 9.36 Å². The molecule has 0 aromatic rings. The van der Waals surface area contributed by atoms with Crippen molar-refractivity contribution in [1.29, 1.82) is 0 Å². The highest BCUT2D eigenvalue weighted by molar-refractivity contribution is 7.54. The number of ketones is 1. The Hall–Kier alpha value is -0.220. The van der Waals surface area contributed by atoms with Crippen LogP contribution in [-0.2, 0) is 18.4 Å². The molecule has 0 heterocycles. The Bertz CT molecular complexity index is 229. The van der Waals surface area contributed by atoms with Gasteiger partial charge in [0.2, 0.25) is 0 Å². The predicted molar refractivity (Wildman–Crippen MR) is 57.0 cm³/mol. The zero-order chi connectivity index (χ0) is 11.9. The number of rotatable bonds is 8. The average molecular weight is 238 g/mol. The van der Waals surface area contributed by atoms with Crippen LogP contribution in [0.25, 0.3) is 0 Å². The fourth-order valence-corrected chi connectivity index (χ4v) is 2.74. The van der Waals surface area contributed by atoms with Gasteiger partial charge >= 0.3 is 7.60 Å². The lowest BCUT2D eigenvalue weighted by molar-refractivity contribution is -0.118. The summed E-state index contributed by atoms with van der Waals surface area (Å²) in [6, 6.07) is 0. The van der Waals surface area contributed by atoms with Gasteiger partial charge in [-0.25, -0.2) is 0 Å². The van der Waals surface area contributed by atoms with Crippen LogP contribution in [0.3, 0.4) is 0 Å². The standard InChI is InChI=1S/C9H19O5P/c1-4-13-15(12,14-5-2)7-9(11)6-8(3)10/h8,10H,4-7H2,1-3H3/t8-/m1/s1. The highest BCUT2D eigenvalue weighted by Gasteiger charge is 2.27. The first-order valence-corrected chi connectivity index (χ1v) is 6.74. The maximum atomic E-state index is 11.9. The molecule has 1 atom stereocenters. The van der Waals surface area contributed by atoms with Gasteiger partial charge in [0.15, 0.2) is 0 Å².